The molecule has 0 spiro atoms. The number of alkyl halides is 3. The molecule has 0 fully saturated rings. The van der Waals surface area contributed by atoms with Gasteiger partial charge in [-0.2, -0.15) is 17.5 Å². The Bertz CT molecular complexity index is 559. The van der Waals surface area contributed by atoms with Gasteiger partial charge in [0.2, 0.25) is 10.0 Å². The molecule has 4 nitrogen and oxygen atoms in total. The highest BCUT2D eigenvalue weighted by atomic mass is 32.2. The van der Waals surface area contributed by atoms with Crippen molar-refractivity contribution in [1.82, 2.24) is 4.31 Å². The minimum atomic E-state index is -4.55. The first-order chi connectivity index (χ1) is 9.68. The number of rotatable bonds is 7. The molecule has 120 valence electrons. The number of hydrogen-bond acceptors (Lipinski definition) is 3. The fourth-order valence-corrected chi connectivity index (χ4v) is 3.50. The van der Waals surface area contributed by atoms with Crippen LogP contribution in [0.15, 0.2) is 24.3 Å². The van der Waals surface area contributed by atoms with Gasteiger partial charge in [-0.1, -0.05) is 31.2 Å². The Kier molecular flexibility index (Phi) is 6.18. The zero-order chi connectivity index (χ0) is 16.1. The monoisotopic (exact) mass is 324 g/mol. The van der Waals surface area contributed by atoms with Crippen molar-refractivity contribution in [2.24, 2.45) is 5.73 Å². The molecule has 0 atom stereocenters. The fourth-order valence-electron chi connectivity index (χ4n) is 1.91. The maximum atomic E-state index is 12.5. The second-order valence-electron chi connectivity index (χ2n) is 4.73. The Morgan fingerprint density at radius 3 is 2.38 bits per heavy atom. The van der Waals surface area contributed by atoms with Crippen LogP contribution in [0.4, 0.5) is 13.2 Å². The van der Waals surface area contributed by atoms with Crippen LogP contribution >= 0.6 is 0 Å². The van der Waals surface area contributed by atoms with Gasteiger partial charge in [-0.15, -0.1) is 0 Å². The summed E-state index contributed by atoms with van der Waals surface area (Å²) in [4.78, 5) is 0. The molecule has 0 aliphatic heterocycles. The summed E-state index contributed by atoms with van der Waals surface area (Å²) in [6.07, 6.45) is -4.24. The molecule has 1 aromatic carbocycles. The molecule has 0 unspecified atom stereocenters. The van der Waals surface area contributed by atoms with Crippen LogP contribution in [0.2, 0.25) is 0 Å². The zero-order valence-corrected chi connectivity index (χ0v) is 12.5. The molecular weight excluding hydrogens is 305 g/mol. The molecule has 2 N–H and O–H groups in total. The smallest absolute Gasteiger partial charge is 0.326 e. The number of sulfonamides is 1. The quantitative estimate of drug-likeness (QED) is 0.837. The highest BCUT2D eigenvalue weighted by molar-refractivity contribution is 7.88. The van der Waals surface area contributed by atoms with Crippen molar-refractivity contribution in [3.05, 3.63) is 35.4 Å². The van der Waals surface area contributed by atoms with Crippen LogP contribution in [-0.2, 0) is 22.3 Å². The highest BCUT2D eigenvalue weighted by Gasteiger charge is 2.35. The summed E-state index contributed by atoms with van der Waals surface area (Å²) in [5.41, 5.74) is 6.63. The first-order valence-electron chi connectivity index (χ1n) is 6.50. The number of nitrogens with zero attached hydrogens (tertiary/aromatic N) is 1. The van der Waals surface area contributed by atoms with Gasteiger partial charge in [-0.3, -0.25) is 0 Å². The summed E-state index contributed by atoms with van der Waals surface area (Å²) in [6, 6.07) is 6.53. The molecule has 21 heavy (non-hydrogen) atoms. The molecule has 0 bridgehead atoms. The lowest BCUT2D eigenvalue weighted by atomic mass is 10.1. The summed E-state index contributed by atoms with van der Waals surface area (Å²) in [5, 5.41) is 0. The number of nitrogens with two attached hydrogens (primary N) is 1. The van der Waals surface area contributed by atoms with Gasteiger partial charge in [-0.05, 0) is 17.5 Å². The molecule has 0 amide bonds. The summed E-state index contributed by atoms with van der Waals surface area (Å²) in [6.45, 7) is 0.265. The average Bonchev–Trinajstić information content (AvgIpc) is 2.36. The Morgan fingerprint density at radius 1 is 1.24 bits per heavy atom. The van der Waals surface area contributed by atoms with Crippen molar-refractivity contribution >= 4 is 10.0 Å². The van der Waals surface area contributed by atoms with Gasteiger partial charge in [0, 0.05) is 13.1 Å². The van der Waals surface area contributed by atoms with E-state index in [1.54, 1.807) is 31.2 Å². The fraction of sp³-hybridized carbons (Fsp3) is 0.538. The van der Waals surface area contributed by atoms with E-state index in [1.807, 2.05) is 0 Å². The molecule has 8 heteroatoms. The van der Waals surface area contributed by atoms with Gasteiger partial charge in [0.25, 0.3) is 0 Å². The van der Waals surface area contributed by atoms with Crippen molar-refractivity contribution in [3.63, 3.8) is 0 Å². The lowest BCUT2D eigenvalue weighted by molar-refractivity contribution is -0.136. The van der Waals surface area contributed by atoms with E-state index in [4.69, 9.17) is 5.73 Å². The lowest BCUT2D eigenvalue weighted by Gasteiger charge is -2.23. The topological polar surface area (TPSA) is 63.4 Å². The van der Waals surface area contributed by atoms with Crippen LogP contribution in [0.25, 0.3) is 0 Å². The minimum absolute atomic E-state index is 0.154. The predicted molar refractivity (Wildman–Crippen MR) is 74.9 cm³/mol. The molecule has 0 aromatic heterocycles. The first kappa shape index (κ1) is 17.9. The Labute approximate surface area is 122 Å². The van der Waals surface area contributed by atoms with E-state index in [0.29, 0.717) is 16.3 Å². The summed E-state index contributed by atoms with van der Waals surface area (Å²) in [5.74, 6) is -0.461. The third-order valence-electron chi connectivity index (χ3n) is 2.80. The average molecular weight is 324 g/mol. The third-order valence-corrected chi connectivity index (χ3v) is 4.59. The van der Waals surface area contributed by atoms with Gasteiger partial charge in [0.05, 0.1) is 5.75 Å². The van der Waals surface area contributed by atoms with Crippen molar-refractivity contribution in [2.75, 3.05) is 13.1 Å². The second kappa shape index (κ2) is 7.24. The molecule has 0 saturated carbocycles. The van der Waals surface area contributed by atoms with Gasteiger partial charge >= 0.3 is 6.18 Å². The molecule has 0 aliphatic carbocycles. The number of halogens is 3. The van der Waals surface area contributed by atoms with Gasteiger partial charge in [-0.25, -0.2) is 8.42 Å². The highest BCUT2D eigenvalue weighted by Crippen LogP contribution is 2.21. The van der Waals surface area contributed by atoms with Crippen LogP contribution < -0.4 is 5.73 Å². The zero-order valence-electron chi connectivity index (χ0n) is 11.7. The Hall–Kier alpha value is -1.12. The first-order valence-corrected chi connectivity index (χ1v) is 8.11. The molecule has 0 aliphatic rings. The van der Waals surface area contributed by atoms with Gasteiger partial charge in [0.15, 0.2) is 0 Å². The van der Waals surface area contributed by atoms with Crippen molar-refractivity contribution < 1.29 is 21.6 Å². The van der Waals surface area contributed by atoms with E-state index in [1.165, 1.54) is 0 Å². The molecular formula is C13H19F3N2O2S. The maximum Gasteiger partial charge on any atom is 0.402 e. The number of hydrogen-bond donors (Lipinski definition) is 1. The van der Waals surface area contributed by atoms with Crippen molar-refractivity contribution in [1.29, 1.82) is 0 Å². The van der Waals surface area contributed by atoms with Gasteiger partial charge < -0.3 is 5.73 Å². The molecule has 1 rings (SSSR count). The van der Waals surface area contributed by atoms with Crippen LogP contribution in [0, 0.1) is 0 Å². The summed E-state index contributed by atoms with van der Waals surface area (Å²) < 4.78 is 62.3. The van der Waals surface area contributed by atoms with E-state index in [-0.39, 0.29) is 13.1 Å². The molecule has 0 heterocycles. The predicted octanol–water partition coefficient (Wildman–Crippen LogP) is 2.25. The number of benzene rings is 1. The normalized spacial score (nSPS) is 12.9. The van der Waals surface area contributed by atoms with Crippen LogP contribution in [0.1, 0.15) is 24.5 Å². The third kappa shape index (κ3) is 6.03. The molecule has 0 saturated heterocycles. The van der Waals surface area contributed by atoms with Crippen molar-refractivity contribution in [2.45, 2.75) is 31.8 Å². The van der Waals surface area contributed by atoms with E-state index < -0.39 is 28.5 Å². The maximum absolute atomic E-state index is 12.5. The standard InChI is InChI=1S/C13H19F3N2O2S/c1-2-6-18(10-13(14,15)16)21(19,20)9-12-5-3-4-11(7-12)8-17/h3-5,7H,2,6,8-10,17H2,1H3. The van der Waals surface area contributed by atoms with Crippen molar-refractivity contribution in [3.8, 4) is 0 Å². The summed E-state index contributed by atoms with van der Waals surface area (Å²) >= 11 is 0. The van der Waals surface area contributed by atoms with Gasteiger partial charge in [0.1, 0.15) is 6.54 Å². The minimum Gasteiger partial charge on any atom is -0.326 e. The lowest BCUT2D eigenvalue weighted by Crippen LogP contribution is -2.40. The largest absolute Gasteiger partial charge is 0.402 e. The molecule has 0 radical (unpaired) electrons. The molecule has 1 aromatic rings. The summed E-state index contributed by atoms with van der Waals surface area (Å²) in [7, 11) is -4.02. The van der Waals surface area contributed by atoms with Crippen LogP contribution in [0.3, 0.4) is 0 Å². The Balaban J connectivity index is 2.94. The van der Waals surface area contributed by atoms with Crippen LogP contribution in [-0.4, -0.2) is 32.0 Å². The Morgan fingerprint density at radius 2 is 1.86 bits per heavy atom. The van der Waals surface area contributed by atoms with Crippen LogP contribution in [0.5, 0.6) is 0 Å². The SMILES string of the molecule is CCCN(CC(F)(F)F)S(=O)(=O)Cc1cccc(CN)c1. The van der Waals surface area contributed by atoms with E-state index in [2.05, 4.69) is 0 Å². The van der Waals surface area contributed by atoms with E-state index >= 15 is 0 Å². The van der Waals surface area contributed by atoms with E-state index in [9.17, 15) is 21.6 Å². The van der Waals surface area contributed by atoms with E-state index in [0.717, 1.165) is 5.56 Å². The second-order valence-corrected chi connectivity index (χ2v) is 6.70.